The van der Waals surface area contributed by atoms with Crippen molar-refractivity contribution in [1.82, 2.24) is 15.3 Å². The van der Waals surface area contributed by atoms with Crippen molar-refractivity contribution in [1.29, 1.82) is 0 Å². The fraction of sp³-hybridized carbons (Fsp3) is 0.206. The summed E-state index contributed by atoms with van der Waals surface area (Å²) in [6.45, 7) is 5.95. The molecule has 7 nitrogen and oxygen atoms in total. The molecule has 42 heavy (non-hydrogen) atoms. The number of rotatable bonds is 10. The van der Waals surface area contributed by atoms with Gasteiger partial charge in [-0.1, -0.05) is 62.9 Å². The smallest absolute Gasteiger partial charge is 0.252 e. The summed E-state index contributed by atoms with van der Waals surface area (Å²) in [5, 5.41) is 18.0. The third kappa shape index (κ3) is 6.25. The maximum Gasteiger partial charge on any atom is 0.252 e. The Balaban J connectivity index is 1.53. The highest BCUT2D eigenvalue weighted by molar-refractivity contribution is 7.99. The molecule has 0 saturated carbocycles. The van der Waals surface area contributed by atoms with E-state index >= 15 is 0 Å². The Bertz CT molecular complexity index is 1690. The Labute approximate surface area is 250 Å². The predicted octanol–water partition coefficient (Wildman–Crippen LogP) is 7.26. The van der Waals surface area contributed by atoms with Crippen LogP contribution in [0.5, 0.6) is 0 Å². The van der Waals surface area contributed by atoms with Crippen molar-refractivity contribution in [2.75, 3.05) is 17.7 Å². The minimum Gasteiger partial charge on any atom is -0.399 e. The van der Waals surface area contributed by atoms with E-state index in [0.29, 0.717) is 17.7 Å². The van der Waals surface area contributed by atoms with Crippen LogP contribution in [-0.4, -0.2) is 27.6 Å². The fourth-order valence-electron chi connectivity index (χ4n) is 4.80. The van der Waals surface area contributed by atoms with Crippen LogP contribution >= 0.6 is 11.8 Å². The first-order chi connectivity index (χ1) is 20.3. The number of amides is 1. The van der Waals surface area contributed by atoms with Gasteiger partial charge in [-0.2, -0.15) is 0 Å². The van der Waals surface area contributed by atoms with E-state index in [1.165, 1.54) is 0 Å². The Morgan fingerprint density at radius 3 is 2.43 bits per heavy atom. The van der Waals surface area contributed by atoms with E-state index in [1.807, 2.05) is 98.0 Å². The van der Waals surface area contributed by atoms with Crippen molar-refractivity contribution in [2.24, 2.45) is 0 Å². The Hall–Kier alpha value is -4.40. The van der Waals surface area contributed by atoms with Crippen molar-refractivity contribution < 1.29 is 9.90 Å². The van der Waals surface area contributed by atoms with E-state index in [9.17, 15) is 9.90 Å². The number of anilines is 3. The maximum absolute atomic E-state index is 13.7. The van der Waals surface area contributed by atoms with Gasteiger partial charge >= 0.3 is 0 Å². The molecule has 0 aliphatic heterocycles. The van der Waals surface area contributed by atoms with Crippen LogP contribution in [0.25, 0.3) is 10.9 Å². The number of nitrogens with one attached hydrogen (secondary N) is 2. The average molecular weight is 578 g/mol. The maximum atomic E-state index is 13.7. The predicted molar refractivity (Wildman–Crippen MR) is 171 cm³/mol. The number of nitrogen functional groups attached to an aromatic ring is 1. The second-order valence-corrected chi connectivity index (χ2v) is 11.7. The fourth-order valence-corrected chi connectivity index (χ4v) is 5.68. The highest BCUT2D eigenvalue weighted by Gasteiger charge is 2.32. The average Bonchev–Trinajstić information content (AvgIpc) is 3.02. The molecule has 1 unspecified atom stereocenters. The van der Waals surface area contributed by atoms with Crippen LogP contribution in [0.1, 0.15) is 54.7 Å². The molecule has 0 radical (unpaired) electrons. The number of carbonyl (C=O) groups excluding carboxylic acids is 1. The molecule has 0 aliphatic rings. The van der Waals surface area contributed by atoms with Crippen molar-refractivity contribution in [3.05, 3.63) is 114 Å². The van der Waals surface area contributed by atoms with E-state index in [-0.39, 0.29) is 18.4 Å². The quantitative estimate of drug-likeness (QED) is 0.129. The third-order valence-corrected chi connectivity index (χ3v) is 8.50. The van der Waals surface area contributed by atoms with E-state index in [2.05, 4.69) is 34.4 Å². The Kier molecular flexibility index (Phi) is 8.75. The first-order valence-corrected chi connectivity index (χ1v) is 14.8. The van der Waals surface area contributed by atoms with Gasteiger partial charge in [0.05, 0.1) is 29.0 Å². The van der Waals surface area contributed by atoms with Crippen LogP contribution in [-0.2, 0) is 5.54 Å². The topological polar surface area (TPSA) is 113 Å². The lowest BCUT2D eigenvalue weighted by molar-refractivity contribution is 0.0820. The zero-order chi connectivity index (χ0) is 29.7. The molecule has 0 fully saturated rings. The number of carbonyl (C=O) groups is 1. The number of pyridine rings is 2. The van der Waals surface area contributed by atoms with Gasteiger partial charge in [0.2, 0.25) is 0 Å². The molecule has 5 N–H and O–H groups in total. The summed E-state index contributed by atoms with van der Waals surface area (Å²) in [4.78, 5) is 24.9. The van der Waals surface area contributed by atoms with E-state index in [4.69, 9.17) is 5.73 Å². The third-order valence-electron chi connectivity index (χ3n) is 7.41. The number of aliphatic hydroxyl groups is 1. The van der Waals surface area contributed by atoms with Gasteiger partial charge in [0.15, 0.2) is 0 Å². The molecule has 0 saturated heterocycles. The van der Waals surface area contributed by atoms with Gasteiger partial charge in [0.25, 0.3) is 5.91 Å². The zero-order valence-electron chi connectivity index (χ0n) is 24.0. The molecule has 0 aliphatic carbocycles. The number of fused-ring (bicyclic) bond motifs is 1. The lowest BCUT2D eigenvalue weighted by Gasteiger charge is -2.32. The van der Waals surface area contributed by atoms with Crippen LogP contribution in [0.4, 0.5) is 17.1 Å². The summed E-state index contributed by atoms with van der Waals surface area (Å²) in [5.41, 5.74) is 10.5. The van der Waals surface area contributed by atoms with Crippen LogP contribution in [0, 0.1) is 0 Å². The van der Waals surface area contributed by atoms with Crippen molar-refractivity contribution in [3.8, 4) is 0 Å². The van der Waals surface area contributed by atoms with Gasteiger partial charge in [0, 0.05) is 44.5 Å². The van der Waals surface area contributed by atoms with Crippen molar-refractivity contribution >= 4 is 45.6 Å². The van der Waals surface area contributed by atoms with E-state index in [1.54, 1.807) is 18.0 Å². The summed E-state index contributed by atoms with van der Waals surface area (Å²) in [6, 6.07) is 26.8. The molecule has 5 aromatic rings. The molecule has 214 valence electrons. The van der Waals surface area contributed by atoms with Gasteiger partial charge in [-0.05, 0) is 72.5 Å². The number of hydrogen-bond acceptors (Lipinski definition) is 7. The highest BCUT2D eigenvalue weighted by Crippen LogP contribution is 2.37. The summed E-state index contributed by atoms with van der Waals surface area (Å²) >= 11 is 1.57. The Morgan fingerprint density at radius 2 is 1.74 bits per heavy atom. The Morgan fingerprint density at radius 1 is 0.976 bits per heavy atom. The van der Waals surface area contributed by atoms with Gasteiger partial charge in [-0.25, -0.2) is 0 Å². The van der Waals surface area contributed by atoms with Crippen LogP contribution in [0.15, 0.2) is 107 Å². The highest BCUT2D eigenvalue weighted by atomic mass is 32.2. The lowest BCUT2D eigenvalue weighted by atomic mass is 9.87. The molecule has 1 amide bonds. The van der Waals surface area contributed by atoms with Crippen molar-refractivity contribution in [2.45, 2.75) is 48.4 Å². The standard InChI is InChI=1S/C34H35N5O2S/c1-4-34(21-40,24-8-6-5-7-9-24)39-33(41)23-10-15-32(42-26-13-11-25(35)12-14-26)31(18-23)38-28-16-17-36-30-19-29(22(2)3)37-20-27(28)30/h5-20,22,40H,4,21,35H2,1-3H3,(H,36,38)(H,39,41). The zero-order valence-corrected chi connectivity index (χ0v) is 24.8. The molecule has 3 aromatic carbocycles. The summed E-state index contributed by atoms with van der Waals surface area (Å²) in [5.74, 6) is 0.0145. The number of aliphatic hydroxyl groups excluding tert-OH is 1. The number of aromatic nitrogens is 2. The summed E-state index contributed by atoms with van der Waals surface area (Å²) < 4.78 is 0. The van der Waals surface area contributed by atoms with E-state index < -0.39 is 5.54 Å². The number of benzene rings is 3. The summed E-state index contributed by atoms with van der Waals surface area (Å²) in [6.07, 6.45) is 4.15. The number of nitrogens with two attached hydrogens (primary N) is 1. The molecule has 8 heteroatoms. The lowest BCUT2D eigenvalue weighted by Crippen LogP contribution is -2.48. The van der Waals surface area contributed by atoms with Crippen LogP contribution < -0.4 is 16.4 Å². The molecule has 2 aromatic heterocycles. The molecule has 0 bridgehead atoms. The molecular weight excluding hydrogens is 542 g/mol. The second kappa shape index (κ2) is 12.6. The minimum absolute atomic E-state index is 0.218. The first-order valence-electron chi connectivity index (χ1n) is 14.0. The van der Waals surface area contributed by atoms with Crippen LogP contribution in [0.2, 0.25) is 0 Å². The van der Waals surface area contributed by atoms with Crippen molar-refractivity contribution in [3.63, 3.8) is 0 Å². The van der Waals surface area contributed by atoms with Gasteiger partial charge in [-0.15, -0.1) is 0 Å². The monoisotopic (exact) mass is 577 g/mol. The van der Waals surface area contributed by atoms with Gasteiger partial charge in [0.1, 0.15) is 0 Å². The largest absolute Gasteiger partial charge is 0.399 e. The SMILES string of the molecule is CCC(CO)(NC(=O)c1ccc(Sc2ccc(N)cc2)c(Nc2ccnc3cc(C(C)C)ncc23)c1)c1ccccc1. The van der Waals surface area contributed by atoms with E-state index in [0.717, 1.165) is 43.3 Å². The van der Waals surface area contributed by atoms with Crippen LogP contribution in [0.3, 0.4) is 0 Å². The molecule has 2 heterocycles. The number of nitrogens with zero attached hydrogens (tertiary/aromatic N) is 2. The normalized spacial score (nSPS) is 12.7. The molecule has 0 spiro atoms. The summed E-state index contributed by atoms with van der Waals surface area (Å²) in [7, 11) is 0. The number of hydrogen-bond donors (Lipinski definition) is 4. The van der Waals surface area contributed by atoms with Gasteiger partial charge < -0.3 is 21.5 Å². The molecule has 5 rings (SSSR count). The molecular formula is C34H35N5O2S. The molecule has 1 atom stereocenters. The minimum atomic E-state index is -0.898. The second-order valence-electron chi connectivity index (χ2n) is 10.6. The first kappa shape index (κ1) is 29.1. The van der Waals surface area contributed by atoms with Gasteiger partial charge in [-0.3, -0.25) is 14.8 Å².